The number of halogens is 2. The van der Waals surface area contributed by atoms with E-state index >= 15 is 0 Å². The first kappa shape index (κ1) is 19.0. The van der Waals surface area contributed by atoms with Gasteiger partial charge in [-0.2, -0.15) is 0 Å². The zero-order chi connectivity index (χ0) is 16.4. The van der Waals surface area contributed by atoms with Crippen LogP contribution in [0.4, 0.5) is 5.69 Å². The van der Waals surface area contributed by atoms with Crippen LogP contribution in [-0.4, -0.2) is 35.8 Å². The summed E-state index contributed by atoms with van der Waals surface area (Å²) in [5.74, 6) is -0.199. The summed E-state index contributed by atoms with van der Waals surface area (Å²) >= 11 is 6.05. The molecule has 1 saturated heterocycles. The van der Waals surface area contributed by atoms with Gasteiger partial charge < -0.3 is 16.0 Å². The number of anilines is 1. The highest BCUT2D eigenvalue weighted by atomic mass is 35.5. The molecule has 1 aliphatic carbocycles. The summed E-state index contributed by atoms with van der Waals surface area (Å²) in [4.78, 5) is 26.9. The summed E-state index contributed by atoms with van der Waals surface area (Å²) in [6.45, 7) is 1.52. The van der Waals surface area contributed by atoms with Crippen molar-refractivity contribution in [3.63, 3.8) is 0 Å². The molecular weight excluding hydrogens is 349 g/mol. The lowest BCUT2D eigenvalue weighted by atomic mass is 10.1. The fourth-order valence-corrected chi connectivity index (χ4v) is 3.55. The maximum atomic E-state index is 12.7. The van der Waals surface area contributed by atoms with Crippen LogP contribution in [0.5, 0.6) is 0 Å². The van der Waals surface area contributed by atoms with Crippen LogP contribution < -0.4 is 11.1 Å². The van der Waals surface area contributed by atoms with Crippen LogP contribution in [0.25, 0.3) is 0 Å². The summed E-state index contributed by atoms with van der Waals surface area (Å²) in [5.41, 5.74) is 6.89. The fraction of sp³-hybridized carbons (Fsp3) is 0.529. The molecular formula is C17H23Cl2N3O2. The lowest BCUT2D eigenvalue weighted by Crippen LogP contribution is -2.29. The maximum absolute atomic E-state index is 12.7. The van der Waals surface area contributed by atoms with E-state index in [1.165, 1.54) is 0 Å². The Kier molecular flexibility index (Phi) is 6.49. The number of rotatable bonds is 3. The standard InChI is InChI=1S/C17H22ClN3O2.ClH/c18-12-4-6-15(20-16(22)11-3-5-13(19)9-11)14(10-12)17(23)21-7-1-2-8-21;/h4,6,10-11,13H,1-3,5,7-9,19H2,(H,20,22);1H. The molecule has 2 amide bonds. The first-order valence-corrected chi connectivity index (χ1v) is 8.57. The van der Waals surface area contributed by atoms with Gasteiger partial charge in [-0.15, -0.1) is 12.4 Å². The molecule has 3 rings (SSSR count). The van der Waals surface area contributed by atoms with Gasteiger partial charge in [0, 0.05) is 30.1 Å². The highest BCUT2D eigenvalue weighted by Crippen LogP contribution is 2.28. The number of nitrogens with zero attached hydrogens (tertiary/aromatic N) is 1. The third-order valence-electron chi connectivity index (χ3n) is 4.71. The van der Waals surface area contributed by atoms with Crippen LogP contribution in [0.2, 0.25) is 5.02 Å². The van der Waals surface area contributed by atoms with Gasteiger partial charge in [-0.25, -0.2) is 0 Å². The molecule has 132 valence electrons. The average Bonchev–Trinajstić information content (AvgIpc) is 3.19. The predicted octanol–water partition coefficient (Wildman–Crippen LogP) is 3.06. The molecule has 2 fully saturated rings. The summed E-state index contributed by atoms with van der Waals surface area (Å²) in [5, 5.41) is 3.40. The minimum atomic E-state index is -0.0737. The summed E-state index contributed by atoms with van der Waals surface area (Å²) in [6, 6.07) is 5.14. The number of carbonyl (C=O) groups is 2. The van der Waals surface area contributed by atoms with Crippen LogP contribution in [0.15, 0.2) is 18.2 Å². The zero-order valence-electron chi connectivity index (χ0n) is 13.5. The largest absolute Gasteiger partial charge is 0.339 e. The van der Waals surface area contributed by atoms with Crippen LogP contribution in [0.1, 0.15) is 42.5 Å². The number of likely N-dealkylation sites (tertiary alicyclic amines) is 1. The number of benzene rings is 1. The Hall–Kier alpha value is -1.30. The van der Waals surface area contributed by atoms with Crippen molar-refractivity contribution in [1.82, 2.24) is 4.90 Å². The minimum Gasteiger partial charge on any atom is -0.339 e. The van der Waals surface area contributed by atoms with Crippen molar-refractivity contribution in [3.8, 4) is 0 Å². The highest BCUT2D eigenvalue weighted by Gasteiger charge is 2.29. The molecule has 1 aromatic rings. The van der Waals surface area contributed by atoms with E-state index in [2.05, 4.69) is 5.32 Å². The minimum absolute atomic E-state index is 0. The van der Waals surface area contributed by atoms with E-state index < -0.39 is 0 Å². The monoisotopic (exact) mass is 371 g/mol. The second kappa shape index (κ2) is 8.19. The van der Waals surface area contributed by atoms with Crippen LogP contribution in [0.3, 0.4) is 0 Å². The molecule has 5 nitrogen and oxygen atoms in total. The van der Waals surface area contributed by atoms with Crippen molar-refractivity contribution < 1.29 is 9.59 Å². The molecule has 1 saturated carbocycles. The van der Waals surface area contributed by atoms with Gasteiger partial charge in [-0.3, -0.25) is 9.59 Å². The van der Waals surface area contributed by atoms with E-state index in [1.807, 2.05) is 4.90 Å². The third-order valence-corrected chi connectivity index (χ3v) is 4.94. The van der Waals surface area contributed by atoms with Gasteiger partial charge in [-0.1, -0.05) is 11.6 Å². The number of nitrogens with one attached hydrogen (secondary N) is 1. The molecule has 2 atom stereocenters. The van der Waals surface area contributed by atoms with E-state index in [9.17, 15) is 9.59 Å². The normalized spacial score (nSPS) is 23.0. The average molecular weight is 372 g/mol. The van der Waals surface area contributed by atoms with Crippen molar-refractivity contribution in [2.24, 2.45) is 11.7 Å². The van der Waals surface area contributed by atoms with Crippen molar-refractivity contribution in [3.05, 3.63) is 28.8 Å². The number of carbonyl (C=O) groups excluding carboxylic acids is 2. The van der Waals surface area contributed by atoms with Gasteiger partial charge in [0.15, 0.2) is 0 Å². The van der Waals surface area contributed by atoms with Crippen molar-refractivity contribution >= 4 is 41.5 Å². The topological polar surface area (TPSA) is 75.4 Å². The van der Waals surface area contributed by atoms with E-state index in [0.29, 0.717) is 22.7 Å². The molecule has 0 spiro atoms. The van der Waals surface area contributed by atoms with Gasteiger partial charge >= 0.3 is 0 Å². The number of hydrogen-bond donors (Lipinski definition) is 2. The number of hydrogen-bond acceptors (Lipinski definition) is 3. The van der Waals surface area contributed by atoms with Gasteiger partial charge in [0.05, 0.1) is 11.3 Å². The van der Waals surface area contributed by atoms with Gasteiger partial charge in [0.25, 0.3) is 5.91 Å². The van der Waals surface area contributed by atoms with Gasteiger partial charge in [0.1, 0.15) is 0 Å². The Labute approximate surface area is 153 Å². The first-order chi connectivity index (χ1) is 11.0. The highest BCUT2D eigenvalue weighted by molar-refractivity contribution is 6.31. The third kappa shape index (κ3) is 4.21. The van der Waals surface area contributed by atoms with Crippen LogP contribution in [-0.2, 0) is 4.79 Å². The first-order valence-electron chi connectivity index (χ1n) is 8.20. The second-order valence-corrected chi connectivity index (χ2v) is 6.88. The van der Waals surface area contributed by atoms with Crippen molar-refractivity contribution in [2.45, 2.75) is 38.1 Å². The van der Waals surface area contributed by atoms with E-state index in [4.69, 9.17) is 17.3 Å². The van der Waals surface area contributed by atoms with Gasteiger partial charge in [0.2, 0.25) is 5.91 Å². The fourth-order valence-electron chi connectivity index (χ4n) is 3.38. The van der Waals surface area contributed by atoms with Crippen molar-refractivity contribution in [1.29, 1.82) is 0 Å². The molecule has 1 aliphatic heterocycles. The smallest absolute Gasteiger partial charge is 0.256 e. The van der Waals surface area contributed by atoms with Crippen molar-refractivity contribution in [2.75, 3.05) is 18.4 Å². The molecule has 0 aromatic heterocycles. The molecule has 0 radical (unpaired) electrons. The molecule has 7 heteroatoms. The lowest BCUT2D eigenvalue weighted by Gasteiger charge is -2.19. The quantitative estimate of drug-likeness (QED) is 0.856. The Morgan fingerprint density at radius 2 is 1.92 bits per heavy atom. The predicted molar refractivity (Wildman–Crippen MR) is 97.8 cm³/mol. The molecule has 3 N–H and O–H groups in total. The molecule has 1 aromatic carbocycles. The maximum Gasteiger partial charge on any atom is 0.256 e. The molecule has 0 bridgehead atoms. The lowest BCUT2D eigenvalue weighted by molar-refractivity contribution is -0.119. The Morgan fingerprint density at radius 3 is 2.54 bits per heavy atom. The molecule has 2 unspecified atom stereocenters. The Bertz CT molecular complexity index is 618. The second-order valence-electron chi connectivity index (χ2n) is 6.45. The van der Waals surface area contributed by atoms with E-state index in [1.54, 1.807) is 18.2 Å². The Morgan fingerprint density at radius 1 is 1.21 bits per heavy atom. The molecule has 2 aliphatic rings. The number of amides is 2. The molecule has 1 heterocycles. The van der Waals surface area contributed by atoms with Crippen LogP contribution in [0, 0.1) is 5.92 Å². The van der Waals surface area contributed by atoms with E-state index in [-0.39, 0.29) is 36.2 Å². The van der Waals surface area contributed by atoms with E-state index in [0.717, 1.165) is 38.8 Å². The van der Waals surface area contributed by atoms with Crippen LogP contribution >= 0.6 is 24.0 Å². The Balaban J connectivity index is 0.00000208. The summed E-state index contributed by atoms with van der Waals surface area (Å²) < 4.78 is 0. The number of nitrogens with two attached hydrogens (primary N) is 1. The summed E-state index contributed by atoms with van der Waals surface area (Å²) in [7, 11) is 0. The molecule has 24 heavy (non-hydrogen) atoms. The zero-order valence-corrected chi connectivity index (χ0v) is 15.0. The van der Waals surface area contributed by atoms with Gasteiger partial charge in [-0.05, 0) is 50.3 Å². The SMILES string of the molecule is Cl.NC1CCC(C(=O)Nc2ccc(Cl)cc2C(=O)N2CCCC2)C1. The summed E-state index contributed by atoms with van der Waals surface area (Å²) in [6.07, 6.45) is 4.42.